The Hall–Kier alpha value is -1.59. The summed E-state index contributed by atoms with van der Waals surface area (Å²) in [5.41, 5.74) is 0.293. The van der Waals surface area contributed by atoms with E-state index in [4.69, 9.17) is 16.3 Å². The van der Waals surface area contributed by atoms with E-state index in [0.29, 0.717) is 16.3 Å². The van der Waals surface area contributed by atoms with Crippen LogP contribution in [0.3, 0.4) is 0 Å². The molecule has 0 N–H and O–H groups in total. The van der Waals surface area contributed by atoms with Gasteiger partial charge >= 0.3 is 0 Å². The Bertz CT molecular complexity index is 661. The first-order valence-corrected chi connectivity index (χ1v) is 7.70. The van der Waals surface area contributed by atoms with E-state index in [1.54, 1.807) is 19.2 Å². The highest BCUT2D eigenvalue weighted by molar-refractivity contribution is 9.10. The van der Waals surface area contributed by atoms with Gasteiger partial charge in [-0.05, 0) is 40.2 Å². The van der Waals surface area contributed by atoms with Gasteiger partial charge in [-0.2, -0.15) is 0 Å². The van der Waals surface area contributed by atoms with Crippen LogP contribution < -0.4 is 4.74 Å². The summed E-state index contributed by atoms with van der Waals surface area (Å²) in [4.78, 5) is 13.5. The number of hydrogen-bond donors (Lipinski definition) is 0. The fourth-order valence-electron chi connectivity index (χ4n) is 1.82. The number of carbonyl (C=O) groups is 1. The van der Waals surface area contributed by atoms with Gasteiger partial charge in [0, 0.05) is 24.2 Å². The van der Waals surface area contributed by atoms with Gasteiger partial charge in [0.05, 0.1) is 4.47 Å². The van der Waals surface area contributed by atoms with Crippen molar-refractivity contribution < 1.29 is 13.9 Å². The fraction of sp³-hybridized carbons (Fsp3) is 0.188. The molecule has 0 heterocycles. The molecule has 0 saturated carbocycles. The van der Waals surface area contributed by atoms with Crippen molar-refractivity contribution in [1.82, 2.24) is 4.90 Å². The van der Waals surface area contributed by atoms with Gasteiger partial charge in [0.2, 0.25) is 0 Å². The molecule has 0 aliphatic rings. The first-order valence-electron chi connectivity index (χ1n) is 6.53. The highest BCUT2D eigenvalue weighted by Gasteiger charge is 2.15. The van der Waals surface area contributed by atoms with Crippen LogP contribution in [-0.2, 0) is 11.3 Å². The molecule has 2 aromatic rings. The second-order valence-corrected chi connectivity index (χ2v) is 5.93. The van der Waals surface area contributed by atoms with E-state index in [1.807, 2.05) is 18.2 Å². The van der Waals surface area contributed by atoms with Gasteiger partial charge in [-0.3, -0.25) is 4.79 Å². The number of benzene rings is 2. The molecule has 1 amide bonds. The van der Waals surface area contributed by atoms with Crippen LogP contribution in [0.2, 0.25) is 5.02 Å². The van der Waals surface area contributed by atoms with Gasteiger partial charge in [-0.15, -0.1) is 0 Å². The molecule has 0 bridgehead atoms. The van der Waals surface area contributed by atoms with Gasteiger partial charge in [0.15, 0.2) is 6.61 Å². The van der Waals surface area contributed by atoms with Crippen LogP contribution in [0.15, 0.2) is 46.9 Å². The average molecular weight is 387 g/mol. The van der Waals surface area contributed by atoms with Crippen LogP contribution in [-0.4, -0.2) is 24.5 Å². The molecule has 3 nitrogen and oxygen atoms in total. The monoisotopic (exact) mass is 385 g/mol. The van der Waals surface area contributed by atoms with Crippen LogP contribution in [0.5, 0.6) is 5.75 Å². The largest absolute Gasteiger partial charge is 0.483 e. The molecule has 0 aliphatic carbocycles. The quantitative estimate of drug-likeness (QED) is 0.767. The zero-order valence-electron chi connectivity index (χ0n) is 11.9. The summed E-state index contributed by atoms with van der Waals surface area (Å²) < 4.78 is 19.9. The van der Waals surface area contributed by atoms with E-state index < -0.39 is 5.82 Å². The SMILES string of the molecule is CN(Cc1c(F)cccc1Cl)C(=O)COc1ccccc1Br. The molecule has 2 rings (SSSR count). The molecule has 0 aromatic heterocycles. The van der Waals surface area contributed by atoms with Gasteiger partial charge in [-0.25, -0.2) is 4.39 Å². The Balaban J connectivity index is 1.97. The van der Waals surface area contributed by atoms with Gasteiger partial charge < -0.3 is 9.64 Å². The third-order valence-electron chi connectivity index (χ3n) is 3.07. The summed E-state index contributed by atoms with van der Waals surface area (Å²) in [6.45, 7) is -0.0468. The summed E-state index contributed by atoms with van der Waals surface area (Å²) in [5.74, 6) is -0.123. The second-order valence-electron chi connectivity index (χ2n) is 4.67. The maximum absolute atomic E-state index is 13.7. The molecule has 0 spiro atoms. The first-order chi connectivity index (χ1) is 10.5. The molecule has 0 atom stereocenters. The van der Waals surface area contributed by atoms with Crippen LogP contribution in [0.4, 0.5) is 4.39 Å². The summed E-state index contributed by atoms with van der Waals surface area (Å²) in [7, 11) is 1.58. The number of hydrogen-bond acceptors (Lipinski definition) is 2. The Labute approximate surface area is 141 Å². The summed E-state index contributed by atoms with van der Waals surface area (Å²) in [6.07, 6.45) is 0. The number of carbonyl (C=O) groups excluding carboxylic acids is 1. The minimum atomic E-state index is -0.432. The standard InChI is InChI=1S/C16H14BrClFNO2/c1-20(9-11-13(18)6-4-7-14(11)19)16(21)10-22-15-8-3-2-5-12(15)17/h2-8H,9-10H2,1H3. The van der Waals surface area contributed by atoms with Gasteiger partial charge in [0.1, 0.15) is 11.6 Å². The second kappa shape index (κ2) is 7.61. The van der Waals surface area contributed by atoms with E-state index >= 15 is 0 Å². The number of nitrogens with zero attached hydrogens (tertiary/aromatic N) is 1. The van der Waals surface area contributed by atoms with E-state index in [1.165, 1.54) is 17.0 Å². The summed E-state index contributed by atoms with van der Waals surface area (Å²) in [5, 5.41) is 0.298. The minimum Gasteiger partial charge on any atom is -0.483 e. The zero-order chi connectivity index (χ0) is 16.1. The topological polar surface area (TPSA) is 29.5 Å². The van der Waals surface area contributed by atoms with E-state index in [9.17, 15) is 9.18 Å². The highest BCUT2D eigenvalue weighted by atomic mass is 79.9. The number of ether oxygens (including phenoxy) is 1. The van der Waals surface area contributed by atoms with E-state index in [-0.39, 0.29) is 19.1 Å². The lowest BCUT2D eigenvalue weighted by atomic mass is 10.2. The lowest BCUT2D eigenvalue weighted by Gasteiger charge is -2.19. The summed E-state index contributed by atoms with van der Waals surface area (Å²) in [6, 6.07) is 11.7. The molecule has 0 aliphatic heterocycles. The van der Waals surface area contributed by atoms with Crippen LogP contribution in [0.25, 0.3) is 0 Å². The molecule has 0 unspecified atom stereocenters. The third kappa shape index (κ3) is 4.21. The van der Waals surface area contributed by atoms with Crippen LogP contribution in [0, 0.1) is 5.82 Å². The zero-order valence-corrected chi connectivity index (χ0v) is 14.2. The van der Waals surface area contributed by atoms with Crippen molar-refractivity contribution in [2.24, 2.45) is 0 Å². The maximum Gasteiger partial charge on any atom is 0.260 e. The molecular weight excluding hydrogens is 373 g/mol. The van der Waals surface area contributed by atoms with E-state index in [2.05, 4.69) is 15.9 Å². The maximum atomic E-state index is 13.7. The number of halogens is 3. The van der Waals surface area contributed by atoms with Crippen molar-refractivity contribution in [2.75, 3.05) is 13.7 Å². The molecule has 0 saturated heterocycles. The number of amides is 1. The van der Waals surface area contributed by atoms with Crippen molar-refractivity contribution in [1.29, 1.82) is 0 Å². The smallest absolute Gasteiger partial charge is 0.260 e. The van der Waals surface area contributed by atoms with Crippen LogP contribution in [0.1, 0.15) is 5.56 Å². The fourth-order valence-corrected chi connectivity index (χ4v) is 2.44. The molecule has 6 heteroatoms. The number of para-hydroxylation sites is 1. The molecule has 116 valence electrons. The number of likely N-dealkylation sites (N-methyl/N-ethyl adjacent to an activating group) is 1. The molecule has 22 heavy (non-hydrogen) atoms. The predicted molar refractivity (Wildman–Crippen MR) is 87.5 cm³/mol. The lowest BCUT2D eigenvalue weighted by molar-refractivity contribution is -0.132. The van der Waals surface area contributed by atoms with Crippen molar-refractivity contribution in [3.05, 3.63) is 63.3 Å². The van der Waals surface area contributed by atoms with E-state index in [0.717, 1.165) is 4.47 Å². The van der Waals surface area contributed by atoms with Crippen molar-refractivity contribution in [3.63, 3.8) is 0 Å². The summed E-state index contributed by atoms with van der Waals surface area (Å²) >= 11 is 9.30. The molecular formula is C16H14BrClFNO2. The Morgan fingerprint density at radius 1 is 1.27 bits per heavy atom. The Morgan fingerprint density at radius 3 is 2.68 bits per heavy atom. The molecule has 0 fully saturated rings. The third-order valence-corrected chi connectivity index (χ3v) is 4.08. The lowest BCUT2D eigenvalue weighted by Crippen LogP contribution is -2.31. The normalized spacial score (nSPS) is 10.4. The predicted octanol–water partition coefficient (Wildman–Crippen LogP) is 4.28. The Kier molecular flexibility index (Phi) is 5.80. The Morgan fingerprint density at radius 2 is 2.00 bits per heavy atom. The molecule has 2 aromatic carbocycles. The average Bonchev–Trinajstić information content (AvgIpc) is 2.49. The minimum absolute atomic E-state index is 0.0870. The molecule has 0 radical (unpaired) electrons. The van der Waals surface area contributed by atoms with Gasteiger partial charge in [-0.1, -0.05) is 29.8 Å². The van der Waals surface area contributed by atoms with Gasteiger partial charge in [0.25, 0.3) is 5.91 Å². The van der Waals surface area contributed by atoms with Crippen molar-refractivity contribution >= 4 is 33.4 Å². The highest BCUT2D eigenvalue weighted by Crippen LogP contribution is 2.24. The first kappa shape index (κ1) is 16.8. The van der Waals surface area contributed by atoms with Crippen molar-refractivity contribution in [2.45, 2.75) is 6.54 Å². The van der Waals surface area contributed by atoms with Crippen LogP contribution >= 0.6 is 27.5 Å². The van der Waals surface area contributed by atoms with Crippen molar-refractivity contribution in [3.8, 4) is 5.75 Å². The number of rotatable bonds is 5.